The van der Waals surface area contributed by atoms with Crippen molar-refractivity contribution < 1.29 is 14.0 Å². The van der Waals surface area contributed by atoms with Gasteiger partial charge in [0.05, 0.1) is 20.3 Å². The molecule has 0 bridgehead atoms. The largest absolute Gasteiger partial charge is 0.497 e. The highest BCUT2D eigenvalue weighted by Gasteiger charge is 2.26. The Bertz CT molecular complexity index is 952. The van der Waals surface area contributed by atoms with Gasteiger partial charge in [0.15, 0.2) is 0 Å². The highest BCUT2D eigenvalue weighted by Crippen LogP contribution is 2.27. The minimum absolute atomic E-state index is 0.0865. The number of aromatic nitrogens is 2. The first kappa shape index (κ1) is 20.4. The van der Waals surface area contributed by atoms with Gasteiger partial charge in [0.2, 0.25) is 11.7 Å². The van der Waals surface area contributed by atoms with Crippen LogP contribution < -0.4 is 9.47 Å². The van der Waals surface area contributed by atoms with Gasteiger partial charge in [0, 0.05) is 43.9 Å². The van der Waals surface area contributed by atoms with E-state index in [4.69, 9.17) is 14.0 Å². The fourth-order valence-electron chi connectivity index (χ4n) is 3.82. The van der Waals surface area contributed by atoms with E-state index in [0.717, 1.165) is 55.3 Å². The Balaban J connectivity index is 1.36. The third kappa shape index (κ3) is 4.47. The Labute approximate surface area is 177 Å². The van der Waals surface area contributed by atoms with Gasteiger partial charge in [-0.2, -0.15) is 4.98 Å². The summed E-state index contributed by atoms with van der Waals surface area (Å²) in [5.74, 6) is 3.05. The van der Waals surface area contributed by atoms with Gasteiger partial charge in [-0.25, -0.2) is 0 Å². The van der Waals surface area contributed by atoms with E-state index in [0.29, 0.717) is 11.7 Å². The molecular formula is C23H28N4O3. The third-order valence-electron chi connectivity index (χ3n) is 5.67. The highest BCUT2D eigenvalue weighted by atomic mass is 16.5. The molecule has 7 heteroatoms. The molecule has 4 rings (SSSR count). The summed E-state index contributed by atoms with van der Waals surface area (Å²) in [6.07, 6.45) is 0. The van der Waals surface area contributed by atoms with Crippen LogP contribution in [-0.4, -0.2) is 60.3 Å². The molecule has 1 aromatic heterocycles. The molecule has 0 spiro atoms. The summed E-state index contributed by atoms with van der Waals surface area (Å²) in [5.41, 5.74) is 2.11. The molecule has 0 radical (unpaired) electrons. The predicted molar refractivity (Wildman–Crippen MR) is 115 cm³/mol. The van der Waals surface area contributed by atoms with E-state index in [2.05, 4.69) is 32.9 Å². The fourth-order valence-corrected chi connectivity index (χ4v) is 3.82. The zero-order valence-electron chi connectivity index (χ0n) is 17.7. The van der Waals surface area contributed by atoms with Crippen LogP contribution in [0.15, 0.2) is 53.1 Å². The van der Waals surface area contributed by atoms with Crippen molar-refractivity contribution in [1.82, 2.24) is 19.9 Å². The van der Waals surface area contributed by atoms with Gasteiger partial charge < -0.3 is 14.0 Å². The Morgan fingerprint density at radius 3 is 2.47 bits per heavy atom. The maximum Gasteiger partial charge on any atom is 0.244 e. The lowest BCUT2D eigenvalue weighted by atomic mass is 10.1. The molecule has 0 saturated carbocycles. The Morgan fingerprint density at radius 1 is 1.00 bits per heavy atom. The molecule has 0 N–H and O–H groups in total. The molecule has 3 aromatic rings. The van der Waals surface area contributed by atoms with E-state index < -0.39 is 0 Å². The van der Waals surface area contributed by atoms with E-state index in [1.807, 2.05) is 42.5 Å². The van der Waals surface area contributed by atoms with Crippen molar-refractivity contribution >= 4 is 0 Å². The van der Waals surface area contributed by atoms with Gasteiger partial charge >= 0.3 is 0 Å². The summed E-state index contributed by atoms with van der Waals surface area (Å²) in [4.78, 5) is 9.45. The molecule has 2 aromatic carbocycles. The highest BCUT2D eigenvalue weighted by molar-refractivity contribution is 5.53. The lowest BCUT2D eigenvalue weighted by molar-refractivity contribution is 0.0840. The van der Waals surface area contributed by atoms with Crippen LogP contribution in [0.2, 0.25) is 0 Å². The number of piperazine rings is 1. The van der Waals surface area contributed by atoms with E-state index in [1.54, 1.807) is 14.2 Å². The molecule has 1 saturated heterocycles. The zero-order chi connectivity index (χ0) is 20.9. The second-order valence-corrected chi connectivity index (χ2v) is 7.49. The molecule has 1 aliphatic rings. The zero-order valence-corrected chi connectivity index (χ0v) is 17.7. The van der Waals surface area contributed by atoms with Crippen LogP contribution in [0.3, 0.4) is 0 Å². The molecule has 30 heavy (non-hydrogen) atoms. The molecule has 1 atom stereocenters. The van der Waals surface area contributed by atoms with Crippen LogP contribution in [0.5, 0.6) is 11.5 Å². The average molecular weight is 409 g/mol. The van der Waals surface area contributed by atoms with Crippen molar-refractivity contribution in [3.63, 3.8) is 0 Å². The lowest BCUT2D eigenvalue weighted by Gasteiger charge is -2.37. The van der Waals surface area contributed by atoms with Crippen LogP contribution in [-0.2, 0) is 6.54 Å². The van der Waals surface area contributed by atoms with Crippen LogP contribution in [0.1, 0.15) is 24.4 Å². The SMILES string of the molecule is COc1ccc(OC)c(CN2CCN([C@@H](C)c3nc(-c4ccccc4)no3)CC2)c1. The van der Waals surface area contributed by atoms with Gasteiger partial charge in [-0.3, -0.25) is 9.80 Å². The maximum atomic E-state index is 5.57. The molecule has 158 valence electrons. The molecular weight excluding hydrogens is 380 g/mol. The predicted octanol–water partition coefficient (Wildman–Crippen LogP) is 3.63. The van der Waals surface area contributed by atoms with Crippen molar-refractivity contribution in [2.75, 3.05) is 40.4 Å². The van der Waals surface area contributed by atoms with E-state index in [1.165, 1.54) is 0 Å². The lowest BCUT2D eigenvalue weighted by Crippen LogP contribution is -2.46. The van der Waals surface area contributed by atoms with Crippen molar-refractivity contribution in [2.24, 2.45) is 0 Å². The summed E-state index contributed by atoms with van der Waals surface area (Å²) in [7, 11) is 3.39. The van der Waals surface area contributed by atoms with Crippen molar-refractivity contribution in [1.29, 1.82) is 0 Å². The average Bonchev–Trinajstić information content (AvgIpc) is 3.30. The second kappa shape index (κ2) is 9.28. The van der Waals surface area contributed by atoms with Gasteiger partial charge in [0.1, 0.15) is 11.5 Å². The summed E-state index contributed by atoms with van der Waals surface area (Å²) < 4.78 is 16.5. The molecule has 7 nitrogen and oxygen atoms in total. The molecule has 2 heterocycles. The quantitative estimate of drug-likeness (QED) is 0.591. The summed E-state index contributed by atoms with van der Waals surface area (Å²) in [6, 6.07) is 15.9. The van der Waals surface area contributed by atoms with Gasteiger partial charge in [-0.15, -0.1) is 0 Å². The molecule has 0 unspecified atom stereocenters. The Hall–Kier alpha value is -2.90. The van der Waals surface area contributed by atoms with E-state index in [-0.39, 0.29) is 6.04 Å². The topological polar surface area (TPSA) is 63.9 Å². The first-order chi connectivity index (χ1) is 14.7. The Kier molecular flexibility index (Phi) is 6.30. The first-order valence-corrected chi connectivity index (χ1v) is 10.2. The number of rotatable bonds is 7. The van der Waals surface area contributed by atoms with Crippen molar-refractivity contribution in [3.05, 3.63) is 60.0 Å². The van der Waals surface area contributed by atoms with Crippen LogP contribution in [0.4, 0.5) is 0 Å². The normalized spacial score (nSPS) is 16.4. The number of benzene rings is 2. The van der Waals surface area contributed by atoms with Crippen LogP contribution in [0.25, 0.3) is 11.4 Å². The minimum Gasteiger partial charge on any atom is -0.497 e. The summed E-state index contributed by atoms with van der Waals surface area (Å²) in [5, 5.41) is 4.16. The standard InChI is InChI=1S/C23H28N4O3/c1-17(23-24-22(25-30-23)18-7-5-4-6-8-18)27-13-11-26(12-14-27)16-19-15-20(28-2)9-10-21(19)29-3/h4-10,15,17H,11-14,16H2,1-3H3/t17-/m0/s1. The summed E-state index contributed by atoms with van der Waals surface area (Å²) >= 11 is 0. The number of hydrogen-bond acceptors (Lipinski definition) is 7. The third-order valence-corrected chi connectivity index (χ3v) is 5.67. The number of nitrogens with zero attached hydrogens (tertiary/aromatic N) is 4. The monoisotopic (exact) mass is 408 g/mol. The second-order valence-electron chi connectivity index (χ2n) is 7.49. The van der Waals surface area contributed by atoms with Crippen molar-refractivity contribution in [3.8, 4) is 22.9 Å². The van der Waals surface area contributed by atoms with E-state index >= 15 is 0 Å². The summed E-state index contributed by atoms with van der Waals surface area (Å²) in [6.45, 7) is 6.77. The van der Waals surface area contributed by atoms with Crippen LogP contribution >= 0.6 is 0 Å². The molecule has 1 aliphatic heterocycles. The van der Waals surface area contributed by atoms with Crippen LogP contribution in [0, 0.1) is 0 Å². The van der Waals surface area contributed by atoms with E-state index in [9.17, 15) is 0 Å². The smallest absolute Gasteiger partial charge is 0.244 e. The fraction of sp³-hybridized carbons (Fsp3) is 0.391. The maximum absolute atomic E-state index is 5.57. The van der Waals surface area contributed by atoms with Crippen molar-refractivity contribution in [2.45, 2.75) is 19.5 Å². The molecule has 0 aliphatic carbocycles. The molecule has 0 amide bonds. The van der Waals surface area contributed by atoms with Gasteiger partial charge in [-0.1, -0.05) is 35.5 Å². The van der Waals surface area contributed by atoms with Gasteiger partial charge in [0.25, 0.3) is 0 Å². The minimum atomic E-state index is 0.0865. The number of ether oxygens (including phenoxy) is 2. The van der Waals surface area contributed by atoms with Gasteiger partial charge in [-0.05, 0) is 25.1 Å². The number of methoxy groups -OCH3 is 2. The number of hydrogen-bond donors (Lipinski definition) is 0. The Morgan fingerprint density at radius 2 is 1.77 bits per heavy atom. The first-order valence-electron chi connectivity index (χ1n) is 10.2. The molecule has 1 fully saturated rings.